The van der Waals surface area contributed by atoms with Gasteiger partial charge in [0.05, 0.1) is 11.7 Å². The summed E-state index contributed by atoms with van der Waals surface area (Å²) in [5, 5.41) is 3.74. The van der Waals surface area contributed by atoms with E-state index in [4.69, 9.17) is 4.74 Å². The van der Waals surface area contributed by atoms with Crippen LogP contribution in [0.2, 0.25) is 0 Å². The summed E-state index contributed by atoms with van der Waals surface area (Å²) in [4.78, 5) is 2.63. The van der Waals surface area contributed by atoms with Crippen LogP contribution in [-0.4, -0.2) is 48.8 Å². The van der Waals surface area contributed by atoms with Crippen molar-refractivity contribution in [2.45, 2.75) is 71.1 Å². The summed E-state index contributed by atoms with van der Waals surface area (Å²) < 4.78 is 6.00. The Balaban J connectivity index is 1.85. The molecule has 1 saturated carbocycles. The highest BCUT2D eigenvalue weighted by Gasteiger charge is 2.34. The van der Waals surface area contributed by atoms with Crippen molar-refractivity contribution in [3.05, 3.63) is 0 Å². The first-order valence-electron chi connectivity index (χ1n) is 8.14. The molecule has 0 aromatic carbocycles. The predicted octanol–water partition coefficient (Wildman–Crippen LogP) is 2.65. The monoisotopic (exact) mass is 268 g/mol. The zero-order valence-corrected chi connectivity index (χ0v) is 13.2. The lowest BCUT2D eigenvalue weighted by Gasteiger charge is -2.43. The van der Waals surface area contributed by atoms with Gasteiger partial charge in [-0.2, -0.15) is 0 Å². The predicted molar refractivity (Wildman–Crippen MR) is 80.5 cm³/mol. The number of hydrogen-bond acceptors (Lipinski definition) is 3. The Morgan fingerprint density at radius 1 is 1.32 bits per heavy atom. The summed E-state index contributed by atoms with van der Waals surface area (Å²) in [5.74, 6) is 0.840. The van der Waals surface area contributed by atoms with E-state index in [1.54, 1.807) is 0 Å². The van der Waals surface area contributed by atoms with Crippen LogP contribution < -0.4 is 5.32 Å². The van der Waals surface area contributed by atoms with Crippen molar-refractivity contribution < 1.29 is 4.74 Å². The molecule has 1 aliphatic carbocycles. The molecule has 19 heavy (non-hydrogen) atoms. The standard InChI is InChI=1S/C16H32N2O/c1-5-9-17-15-8-6-7-14(15)11-18-10-13(2)19-16(3,4)12-18/h13-15,17H,5-12H2,1-4H3. The molecule has 0 amide bonds. The molecule has 3 atom stereocenters. The molecule has 0 aromatic rings. The van der Waals surface area contributed by atoms with Gasteiger partial charge < -0.3 is 10.1 Å². The van der Waals surface area contributed by atoms with Gasteiger partial charge in [-0.15, -0.1) is 0 Å². The van der Waals surface area contributed by atoms with Crippen LogP contribution in [-0.2, 0) is 4.74 Å². The van der Waals surface area contributed by atoms with Gasteiger partial charge in [0.1, 0.15) is 0 Å². The highest BCUT2D eigenvalue weighted by atomic mass is 16.5. The Labute approximate surface area is 119 Å². The molecular weight excluding hydrogens is 236 g/mol. The maximum absolute atomic E-state index is 6.00. The van der Waals surface area contributed by atoms with E-state index in [1.807, 2.05) is 0 Å². The van der Waals surface area contributed by atoms with Crippen LogP contribution in [0.1, 0.15) is 53.4 Å². The summed E-state index contributed by atoms with van der Waals surface area (Å²) in [7, 11) is 0. The van der Waals surface area contributed by atoms with Gasteiger partial charge in [0, 0.05) is 25.7 Å². The van der Waals surface area contributed by atoms with E-state index < -0.39 is 0 Å². The molecule has 0 radical (unpaired) electrons. The van der Waals surface area contributed by atoms with E-state index in [0.717, 1.165) is 25.0 Å². The van der Waals surface area contributed by atoms with Gasteiger partial charge >= 0.3 is 0 Å². The molecule has 0 spiro atoms. The Morgan fingerprint density at radius 2 is 2.11 bits per heavy atom. The Hall–Kier alpha value is -0.120. The summed E-state index contributed by atoms with van der Waals surface area (Å²) in [6.45, 7) is 13.5. The minimum absolute atomic E-state index is 0.0165. The van der Waals surface area contributed by atoms with Crippen LogP contribution >= 0.6 is 0 Å². The third-order valence-corrected chi connectivity index (χ3v) is 4.45. The van der Waals surface area contributed by atoms with Crippen molar-refractivity contribution in [2.75, 3.05) is 26.2 Å². The van der Waals surface area contributed by atoms with Gasteiger partial charge in [0.25, 0.3) is 0 Å². The first-order valence-corrected chi connectivity index (χ1v) is 8.14. The Morgan fingerprint density at radius 3 is 2.79 bits per heavy atom. The van der Waals surface area contributed by atoms with Crippen LogP contribution in [0.4, 0.5) is 0 Å². The molecule has 1 heterocycles. The van der Waals surface area contributed by atoms with Crippen molar-refractivity contribution in [1.29, 1.82) is 0 Å². The molecule has 0 bridgehead atoms. The maximum atomic E-state index is 6.00. The molecule has 112 valence electrons. The number of rotatable bonds is 5. The van der Waals surface area contributed by atoms with Crippen LogP contribution in [0.25, 0.3) is 0 Å². The van der Waals surface area contributed by atoms with Crippen molar-refractivity contribution in [1.82, 2.24) is 10.2 Å². The second-order valence-corrected chi connectivity index (χ2v) is 7.13. The molecule has 2 aliphatic rings. The fourth-order valence-corrected chi connectivity index (χ4v) is 3.91. The maximum Gasteiger partial charge on any atom is 0.0757 e. The SMILES string of the molecule is CCCNC1CCCC1CN1CC(C)OC(C)(C)C1. The first kappa shape index (κ1) is 15.3. The Bertz CT molecular complexity index is 280. The van der Waals surface area contributed by atoms with Gasteiger partial charge in [0.2, 0.25) is 0 Å². The largest absolute Gasteiger partial charge is 0.370 e. The number of hydrogen-bond donors (Lipinski definition) is 1. The molecule has 1 N–H and O–H groups in total. The van der Waals surface area contributed by atoms with Crippen LogP contribution in [0.15, 0.2) is 0 Å². The van der Waals surface area contributed by atoms with Gasteiger partial charge in [-0.05, 0) is 52.5 Å². The topological polar surface area (TPSA) is 24.5 Å². The van der Waals surface area contributed by atoms with Crippen molar-refractivity contribution in [3.8, 4) is 0 Å². The minimum atomic E-state index is 0.0165. The van der Waals surface area contributed by atoms with E-state index in [9.17, 15) is 0 Å². The summed E-state index contributed by atoms with van der Waals surface area (Å²) in [6.07, 6.45) is 5.77. The normalized spacial score (nSPS) is 35.7. The smallest absolute Gasteiger partial charge is 0.0757 e. The molecule has 3 unspecified atom stereocenters. The number of nitrogens with zero attached hydrogens (tertiary/aromatic N) is 1. The molecule has 2 fully saturated rings. The van der Waals surface area contributed by atoms with Crippen LogP contribution in [0.3, 0.4) is 0 Å². The zero-order valence-electron chi connectivity index (χ0n) is 13.2. The van der Waals surface area contributed by atoms with Gasteiger partial charge in [0.15, 0.2) is 0 Å². The third-order valence-electron chi connectivity index (χ3n) is 4.45. The average molecular weight is 268 g/mol. The molecule has 3 heteroatoms. The number of morpholine rings is 1. The molecule has 0 aromatic heterocycles. The van der Waals surface area contributed by atoms with E-state index >= 15 is 0 Å². The summed E-state index contributed by atoms with van der Waals surface area (Å²) in [5.41, 5.74) is 0.0165. The first-order chi connectivity index (χ1) is 9.00. The quantitative estimate of drug-likeness (QED) is 0.829. The fourth-order valence-electron chi connectivity index (χ4n) is 3.91. The Kier molecular flexibility index (Phi) is 5.27. The molecule has 3 nitrogen and oxygen atoms in total. The number of ether oxygens (including phenoxy) is 1. The lowest BCUT2D eigenvalue weighted by Crippen LogP contribution is -2.53. The van der Waals surface area contributed by atoms with Crippen molar-refractivity contribution in [3.63, 3.8) is 0 Å². The van der Waals surface area contributed by atoms with E-state index in [2.05, 4.69) is 37.9 Å². The second kappa shape index (κ2) is 6.55. The van der Waals surface area contributed by atoms with Crippen molar-refractivity contribution in [2.24, 2.45) is 5.92 Å². The van der Waals surface area contributed by atoms with Crippen LogP contribution in [0, 0.1) is 5.92 Å². The molecule has 1 aliphatic heterocycles. The highest BCUT2D eigenvalue weighted by Crippen LogP contribution is 2.29. The van der Waals surface area contributed by atoms with E-state index in [1.165, 1.54) is 38.8 Å². The summed E-state index contributed by atoms with van der Waals surface area (Å²) >= 11 is 0. The fraction of sp³-hybridized carbons (Fsp3) is 1.00. The highest BCUT2D eigenvalue weighted by molar-refractivity contribution is 4.89. The van der Waals surface area contributed by atoms with Gasteiger partial charge in [-0.3, -0.25) is 4.90 Å². The van der Waals surface area contributed by atoms with Crippen molar-refractivity contribution >= 4 is 0 Å². The van der Waals surface area contributed by atoms with Gasteiger partial charge in [-0.1, -0.05) is 13.3 Å². The third kappa shape index (κ3) is 4.44. The second-order valence-electron chi connectivity index (χ2n) is 7.13. The average Bonchev–Trinajstić information content (AvgIpc) is 2.71. The van der Waals surface area contributed by atoms with Gasteiger partial charge in [-0.25, -0.2) is 0 Å². The lowest BCUT2D eigenvalue weighted by atomic mass is 9.99. The summed E-state index contributed by atoms with van der Waals surface area (Å²) in [6, 6.07) is 0.751. The zero-order chi connectivity index (χ0) is 13.9. The molecule has 2 rings (SSSR count). The minimum Gasteiger partial charge on any atom is -0.370 e. The van der Waals surface area contributed by atoms with E-state index in [0.29, 0.717) is 6.10 Å². The lowest BCUT2D eigenvalue weighted by molar-refractivity contribution is -0.131. The molecular formula is C16H32N2O. The van der Waals surface area contributed by atoms with E-state index in [-0.39, 0.29) is 5.60 Å². The van der Waals surface area contributed by atoms with Crippen LogP contribution in [0.5, 0.6) is 0 Å². The number of nitrogens with one attached hydrogen (secondary N) is 1. The molecule has 1 saturated heterocycles.